The Labute approximate surface area is 235 Å². The normalized spacial score (nSPS) is 12.0. The molecule has 0 radical (unpaired) electrons. The molecule has 0 aromatic carbocycles. The first kappa shape index (κ1) is 63.5. The smallest absolute Gasteiger partial charge is 0 e. The Balaban J connectivity index is -0.0000000206. The third-order valence-electron chi connectivity index (χ3n) is 3.75. The summed E-state index contributed by atoms with van der Waals surface area (Å²) in [5.74, 6) is 0. The third-order valence-corrected chi connectivity index (χ3v) is 3.75. The molecule has 0 bridgehead atoms. The maximum absolute atomic E-state index is 7.50. The van der Waals surface area contributed by atoms with Gasteiger partial charge in [0.2, 0.25) is 0 Å². The minimum atomic E-state index is 0. The van der Waals surface area contributed by atoms with Crippen molar-refractivity contribution in [3.63, 3.8) is 0 Å². The fourth-order valence-electron chi connectivity index (χ4n) is 2.65. The van der Waals surface area contributed by atoms with E-state index in [1.54, 1.807) is 0 Å². The van der Waals surface area contributed by atoms with Crippen molar-refractivity contribution < 1.29 is 91.1 Å². The van der Waals surface area contributed by atoms with Crippen LogP contribution in [0.15, 0.2) is 0 Å². The van der Waals surface area contributed by atoms with Crippen molar-refractivity contribution in [3.8, 4) is 0 Å². The number of hydrogen-bond donors (Lipinski definition) is 0. The molecule has 0 amide bonds. The standard InChI is InChI=1S/3C5H10.6CO.H3P.3W/c3*1-2-4-5-3-1;6*1-2;;;;/h3*1-5H2;;;;;;;1H3;;;. The van der Waals surface area contributed by atoms with Crippen molar-refractivity contribution in [2.24, 2.45) is 0 Å². The molecule has 3 aliphatic rings. The van der Waals surface area contributed by atoms with E-state index in [0.717, 1.165) is 0 Å². The van der Waals surface area contributed by atoms with Gasteiger partial charge in [0.15, 0.2) is 0 Å². The number of hydrogen-bond acceptors (Lipinski definition) is 0. The molecule has 0 aromatic heterocycles. The average Bonchev–Trinajstić information content (AvgIpc) is 3.63. The topological polar surface area (TPSA) is 119 Å². The molecule has 176 valence electrons. The molecule has 0 aliphatic heterocycles. The molecule has 1 unspecified atom stereocenters. The van der Waals surface area contributed by atoms with E-state index in [0.29, 0.717) is 0 Å². The molecule has 0 heterocycles. The summed E-state index contributed by atoms with van der Waals surface area (Å²) in [5.41, 5.74) is 0. The fourth-order valence-corrected chi connectivity index (χ4v) is 2.65. The quantitative estimate of drug-likeness (QED) is 0.169. The van der Waals surface area contributed by atoms with Gasteiger partial charge in [0, 0.05) is 63.2 Å². The molecule has 31 heavy (non-hydrogen) atoms. The number of rotatable bonds is 0. The second-order valence-corrected chi connectivity index (χ2v) is 5.30. The maximum Gasteiger partial charge on any atom is 0 e. The van der Waals surface area contributed by atoms with E-state index >= 15 is 0 Å². The zero-order valence-corrected chi connectivity index (χ0v) is 28.2. The summed E-state index contributed by atoms with van der Waals surface area (Å²) in [6, 6.07) is 0. The van der Waals surface area contributed by atoms with Crippen molar-refractivity contribution in [1.29, 1.82) is 0 Å². The van der Waals surface area contributed by atoms with Crippen molar-refractivity contribution in [2.45, 2.75) is 96.3 Å². The van der Waals surface area contributed by atoms with Crippen LogP contribution in [0.2, 0.25) is 0 Å². The van der Waals surface area contributed by atoms with Crippen LogP contribution in [-0.2, 0) is 91.1 Å². The Hall–Kier alpha value is 0.935. The summed E-state index contributed by atoms with van der Waals surface area (Å²) in [6.07, 6.45) is 22.5. The minimum Gasteiger partial charge on any atom is 0 e. The predicted molar refractivity (Wildman–Crippen MR) is 104 cm³/mol. The van der Waals surface area contributed by atoms with Crippen LogP contribution >= 0.6 is 9.90 Å². The van der Waals surface area contributed by atoms with Crippen LogP contribution in [0.4, 0.5) is 0 Å². The molecule has 6 nitrogen and oxygen atoms in total. The summed E-state index contributed by atoms with van der Waals surface area (Å²) in [7, 11) is 0. The van der Waals surface area contributed by atoms with Gasteiger partial charge in [0.25, 0.3) is 0 Å². The SMILES string of the molecule is C1CCCC1.C1CCCC1.C1CCCC1.P.[C-]#[O+].[C-]#[O+].[C-]#[O+].[C-]#[O+].[C-]#[O+].[C-]#[O+].[W].[W].[W]. The van der Waals surface area contributed by atoms with Crippen LogP contribution in [0.5, 0.6) is 0 Å². The van der Waals surface area contributed by atoms with Crippen LogP contribution in [0, 0.1) is 39.9 Å². The second kappa shape index (κ2) is 109. The van der Waals surface area contributed by atoms with E-state index in [4.69, 9.17) is 27.9 Å². The molecular weight excluding hydrogens is 931 g/mol. The van der Waals surface area contributed by atoms with Crippen LogP contribution in [0.25, 0.3) is 0 Å². The second-order valence-electron chi connectivity index (χ2n) is 5.30. The van der Waals surface area contributed by atoms with Gasteiger partial charge in [-0.2, -0.15) is 9.90 Å². The van der Waals surface area contributed by atoms with Crippen LogP contribution in [0.1, 0.15) is 96.3 Å². The molecule has 3 saturated carbocycles. The molecule has 0 saturated heterocycles. The molecular formula is C21H33O6PW3. The van der Waals surface area contributed by atoms with E-state index < -0.39 is 0 Å². The van der Waals surface area contributed by atoms with Gasteiger partial charge in [0.1, 0.15) is 0 Å². The Morgan fingerprint density at radius 1 is 0.226 bits per heavy atom. The summed E-state index contributed by atoms with van der Waals surface area (Å²) >= 11 is 0. The largest absolute Gasteiger partial charge is 0 e. The average molecular weight is 964 g/mol. The van der Waals surface area contributed by atoms with Gasteiger partial charge in [0.05, 0.1) is 0 Å². The molecule has 0 spiro atoms. The Bertz CT molecular complexity index is 240. The fraction of sp³-hybridized carbons (Fsp3) is 0.714. The zero-order chi connectivity index (χ0) is 22.6. The maximum atomic E-state index is 7.50. The van der Waals surface area contributed by atoms with Crippen molar-refractivity contribution in [1.82, 2.24) is 0 Å². The molecule has 3 fully saturated rings. The van der Waals surface area contributed by atoms with Gasteiger partial charge >= 0.3 is 67.8 Å². The third kappa shape index (κ3) is 102. The van der Waals surface area contributed by atoms with Crippen molar-refractivity contribution >= 4 is 9.90 Å². The van der Waals surface area contributed by atoms with Gasteiger partial charge in [-0.25, -0.2) is 0 Å². The summed E-state index contributed by atoms with van der Waals surface area (Å²) in [4.78, 5) is 0. The van der Waals surface area contributed by atoms with Crippen molar-refractivity contribution in [2.75, 3.05) is 0 Å². The summed E-state index contributed by atoms with van der Waals surface area (Å²) in [6.45, 7) is 27.0. The van der Waals surface area contributed by atoms with Crippen LogP contribution < -0.4 is 0 Å². The molecule has 1 atom stereocenters. The Kier molecular flexibility index (Phi) is 224. The first-order chi connectivity index (χ1) is 13.5. The predicted octanol–water partition coefficient (Wildman–Crippen LogP) is 5.68. The van der Waals surface area contributed by atoms with Gasteiger partial charge in [-0.1, -0.05) is 96.3 Å². The van der Waals surface area contributed by atoms with E-state index in [2.05, 4.69) is 39.9 Å². The van der Waals surface area contributed by atoms with Gasteiger partial charge in [-0.3, -0.25) is 0 Å². The van der Waals surface area contributed by atoms with Gasteiger partial charge in [-0.15, -0.1) is 0 Å². The molecule has 0 aromatic rings. The Morgan fingerprint density at radius 3 is 0.290 bits per heavy atom. The van der Waals surface area contributed by atoms with Gasteiger partial charge < -0.3 is 0 Å². The van der Waals surface area contributed by atoms with E-state index in [9.17, 15) is 0 Å². The first-order valence-electron chi connectivity index (χ1n) is 8.72. The molecule has 0 N–H and O–H groups in total. The van der Waals surface area contributed by atoms with Gasteiger partial charge in [-0.05, 0) is 0 Å². The summed E-state index contributed by atoms with van der Waals surface area (Å²) in [5, 5.41) is 0. The van der Waals surface area contributed by atoms with E-state index in [1.165, 1.54) is 96.3 Å². The van der Waals surface area contributed by atoms with E-state index in [-0.39, 0.29) is 73.1 Å². The van der Waals surface area contributed by atoms with Crippen LogP contribution in [-0.4, -0.2) is 0 Å². The first-order valence-corrected chi connectivity index (χ1v) is 8.72. The monoisotopic (exact) mass is 964 g/mol. The molecule has 3 rings (SSSR count). The van der Waals surface area contributed by atoms with E-state index in [1.807, 2.05) is 0 Å². The molecule has 10 heteroatoms. The zero-order valence-electron chi connectivity index (χ0n) is 18.0. The van der Waals surface area contributed by atoms with Crippen molar-refractivity contribution in [3.05, 3.63) is 39.9 Å². The van der Waals surface area contributed by atoms with Crippen LogP contribution in [0.3, 0.4) is 0 Å². The Morgan fingerprint density at radius 2 is 0.258 bits per heavy atom. The minimum absolute atomic E-state index is 0. The summed E-state index contributed by atoms with van der Waals surface area (Å²) < 4.78 is 45.0. The molecule has 3 aliphatic carbocycles.